The van der Waals surface area contributed by atoms with Crippen LogP contribution in [0, 0.1) is 5.82 Å². The number of ether oxygens (including phenoxy) is 1. The zero-order valence-electron chi connectivity index (χ0n) is 15.4. The van der Waals surface area contributed by atoms with Crippen molar-refractivity contribution in [3.63, 3.8) is 0 Å². The van der Waals surface area contributed by atoms with E-state index in [0.717, 1.165) is 12.1 Å². The fourth-order valence-corrected chi connectivity index (χ4v) is 2.93. The van der Waals surface area contributed by atoms with E-state index in [1.165, 1.54) is 0 Å². The fraction of sp³-hybridized carbons (Fsp3) is 0.611. The van der Waals surface area contributed by atoms with Crippen LogP contribution in [0.4, 0.5) is 22.4 Å². The van der Waals surface area contributed by atoms with Crippen molar-refractivity contribution in [3.05, 3.63) is 35.1 Å². The van der Waals surface area contributed by atoms with Gasteiger partial charge in [-0.25, -0.2) is 9.18 Å². The molecule has 0 aliphatic carbocycles. The van der Waals surface area contributed by atoms with Crippen LogP contribution >= 0.6 is 0 Å². The van der Waals surface area contributed by atoms with Crippen molar-refractivity contribution >= 4 is 6.09 Å². The van der Waals surface area contributed by atoms with Gasteiger partial charge < -0.3 is 9.64 Å². The Hall–Kier alpha value is -1.83. The fourth-order valence-electron chi connectivity index (χ4n) is 2.93. The highest BCUT2D eigenvalue weighted by atomic mass is 19.4. The van der Waals surface area contributed by atoms with E-state index < -0.39 is 29.3 Å². The molecule has 0 bridgehead atoms. The first-order valence-corrected chi connectivity index (χ1v) is 8.44. The van der Waals surface area contributed by atoms with Crippen LogP contribution in [0.2, 0.25) is 0 Å². The first-order valence-electron chi connectivity index (χ1n) is 8.44. The average Bonchev–Trinajstić information content (AvgIpc) is 2.43. The third kappa shape index (κ3) is 5.59. The van der Waals surface area contributed by atoms with Gasteiger partial charge in [-0.1, -0.05) is 0 Å². The van der Waals surface area contributed by atoms with Crippen molar-refractivity contribution in [2.24, 2.45) is 0 Å². The lowest BCUT2D eigenvalue weighted by Crippen LogP contribution is -2.54. The van der Waals surface area contributed by atoms with Crippen LogP contribution in [0.3, 0.4) is 0 Å². The van der Waals surface area contributed by atoms with Gasteiger partial charge in [-0.3, -0.25) is 4.90 Å². The van der Waals surface area contributed by atoms with Gasteiger partial charge in [0.05, 0.1) is 5.56 Å². The normalized spacial score (nSPS) is 19.5. The molecule has 0 N–H and O–H groups in total. The van der Waals surface area contributed by atoms with E-state index in [1.807, 2.05) is 11.8 Å². The minimum atomic E-state index is -4.58. The smallest absolute Gasteiger partial charge is 0.416 e. The average molecular weight is 376 g/mol. The van der Waals surface area contributed by atoms with Gasteiger partial charge in [-0.05, 0) is 51.5 Å². The molecule has 1 aromatic carbocycles. The zero-order chi connectivity index (χ0) is 19.7. The van der Waals surface area contributed by atoms with Crippen molar-refractivity contribution < 1.29 is 27.1 Å². The summed E-state index contributed by atoms with van der Waals surface area (Å²) in [5.41, 5.74) is -1.33. The van der Waals surface area contributed by atoms with Crippen LogP contribution in [-0.2, 0) is 17.5 Å². The highest BCUT2D eigenvalue weighted by Crippen LogP contribution is 2.31. The summed E-state index contributed by atoms with van der Waals surface area (Å²) in [7, 11) is 0. The number of nitrogens with zero attached hydrogens (tertiary/aromatic N) is 2. The standard InChI is InChI=1S/C18H24F4N2O2/c1-12-10-23(5-6-24(12)16(25)26-17(2,3)4)11-13-7-14(18(20,21)22)9-15(19)8-13/h7-9,12H,5-6,10-11H2,1-4H3. The highest BCUT2D eigenvalue weighted by Gasteiger charge is 2.33. The number of carbonyl (C=O) groups is 1. The molecule has 2 rings (SSSR count). The quantitative estimate of drug-likeness (QED) is 0.722. The van der Waals surface area contributed by atoms with Crippen molar-refractivity contribution in [2.75, 3.05) is 19.6 Å². The molecular formula is C18H24F4N2O2. The molecule has 0 aromatic heterocycles. The second-order valence-corrected chi connectivity index (χ2v) is 7.60. The van der Waals surface area contributed by atoms with Gasteiger partial charge >= 0.3 is 12.3 Å². The molecule has 1 heterocycles. The Balaban J connectivity index is 2.02. The Morgan fingerprint density at radius 1 is 1.19 bits per heavy atom. The van der Waals surface area contributed by atoms with Gasteiger partial charge in [0.15, 0.2) is 0 Å². The lowest BCUT2D eigenvalue weighted by atomic mass is 10.1. The summed E-state index contributed by atoms with van der Waals surface area (Å²) in [6, 6.07) is 2.41. The molecule has 0 saturated carbocycles. The number of halogens is 4. The van der Waals surface area contributed by atoms with Gasteiger partial charge in [-0.15, -0.1) is 0 Å². The van der Waals surface area contributed by atoms with Gasteiger partial charge in [0.1, 0.15) is 11.4 Å². The first kappa shape index (κ1) is 20.5. The number of piperazine rings is 1. The molecule has 1 saturated heterocycles. The lowest BCUT2D eigenvalue weighted by molar-refractivity contribution is -0.137. The van der Waals surface area contributed by atoms with E-state index in [1.54, 1.807) is 25.7 Å². The molecule has 146 valence electrons. The Labute approximate surface area is 150 Å². The molecule has 1 amide bonds. The molecular weight excluding hydrogens is 352 g/mol. The van der Waals surface area contributed by atoms with Crippen LogP contribution in [-0.4, -0.2) is 47.2 Å². The number of benzene rings is 1. The Kier molecular flexibility index (Phi) is 5.85. The van der Waals surface area contributed by atoms with Gasteiger partial charge in [0, 0.05) is 32.2 Å². The predicted octanol–water partition coefficient (Wildman–Crippen LogP) is 4.29. The van der Waals surface area contributed by atoms with Crippen LogP contribution in [0.5, 0.6) is 0 Å². The number of carbonyl (C=O) groups excluding carboxylic acids is 1. The summed E-state index contributed by atoms with van der Waals surface area (Å²) in [5.74, 6) is -0.907. The first-order chi connectivity index (χ1) is 11.8. The van der Waals surface area contributed by atoms with Gasteiger partial charge in [-0.2, -0.15) is 13.2 Å². The van der Waals surface area contributed by atoms with Crippen molar-refractivity contribution in [3.8, 4) is 0 Å². The summed E-state index contributed by atoms with van der Waals surface area (Å²) in [6.45, 7) is 8.74. The molecule has 1 unspecified atom stereocenters. The van der Waals surface area contributed by atoms with E-state index in [9.17, 15) is 22.4 Å². The molecule has 8 heteroatoms. The number of amides is 1. The molecule has 1 aromatic rings. The minimum absolute atomic E-state index is 0.158. The van der Waals surface area contributed by atoms with Gasteiger partial charge in [0.2, 0.25) is 0 Å². The summed E-state index contributed by atoms with van der Waals surface area (Å²) >= 11 is 0. The molecule has 1 atom stereocenters. The monoisotopic (exact) mass is 376 g/mol. The summed E-state index contributed by atoms with van der Waals surface area (Å²) in [6.07, 6.45) is -4.99. The van der Waals surface area contributed by atoms with E-state index in [4.69, 9.17) is 4.74 Å². The minimum Gasteiger partial charge on any atom is -0.444 e. The van der Waals surface area contributed by atoms with Crippen LogP contribution in [0.15, 0.2) is 18.2 Å². The number of hydrogen-bond acceptors (Lipinski definition) is 3. The summed E-state index contributed by atoms with van der Waals surface area (Å²) in [5, 5.41) is 0. The van der Waals surface area contributed by atoms with Crippen molar-refractivity contribution in [1.82, 2.24) is 9.80 Å². The molecule has 0 radical (unpaired) electrons. The van der Waals surface area contributed by atoms with E-state index >= 15 is 0 Å². The molecule has 26 heavy (non-hydrogen) atoms. The van der Waals surface area contributed by atoms with Crippen LogP contribution < -0.4 is 0 Å². The second kappa shape index (κ2) is 7.42. The predicted molar refractivity (Wildman–Crippen MR) is 89.1 cm³/mol. The molecule has 4 nitrogen and oxygen atoms in total. The number of hydrogen-bond donors (Lipinski definition) is 0. The molecule has 1 fully saturated rings. The van der Waals surface area contributed by atoms with E-state index in [0.29, 0.717) is 25.7 Å². The highest BCUT2D eigenvalue weighted by molar-refractivity contribution is 5.68. The third-order valence-electron chi connectivity index (χ3n) is 4.03. The van der Waals surface area contributed by atoms with Crippen molar-refractivity contribution in [1.29, 1.82) is 0 Å². The SMILES string of the molecule is CC1CN(Cc2cc(F)cc(C(F)(F)F)c2)CCN1C(=O)OC(C)(C)C. The number of alkyl halides is 3. The molecule has 1 aliphatic heterocycles. The molecule has 1 aliphatic rings. The second-order valence-electron chi connectivity index (χ2n) is 7.60. The maximum atomic E-state index is 13.5. The Bertz CT molecular complexity index is 656. The van der Waals surface area contributed by atoms with E-state index in [2.05, 4.69) is 0 Å². The van der Waals surface area contributed by atoms with Crippen LogP contribution in [0.1, 0.15) is 38.8 Å². The third-order valence-corrected chi connectivity index (χ3v) is 4.03. The lowest BCUT2D eigenvalue weighted by Gasteiger charge is -2.40. The summed E-state index contributed by atoms with van der Waals surface area (Å²) < 4.78 is 57.4. The largest absolute Gasteiger partial charge is 0.444 e. The Morgan fingerprint density at radius 3 is 2.38 bits per heavy atom. The maximum absolute atomic E-state index is 13.5. The molecule has 0 spiro atoms. The topological polar surface area (TPSA) is 32.8 Å². The van der Waals surface area contributed by atoms with Gasteiger partial charge in [0.25, 0.3) is 0 Å². The Morgan fingerprint density at radius 2 is 1.85 bits per heavy atom. The summed E-state index contributed by atoms with van der Waals surface area (Å²) in [4.78, 5) is 15.7. The maximum Gasteiger partial charge on any atom is 0.416 e. The van der Waals surface area contributed by atoms with Crippen molar-refractivity contribution in [2.45, 2.75) is 52.1 Å². The van der Waals surface area contributed by atoms with E-state index in [-0.39, 0.29) is 18.2 Å². The van der Waals surface area contributed by atoms with Crippen LogP contribution in [0.25, 0.3) is 0 Å². The number of rotatable bonds is 2. The zero-order valence-corrected chi connectivity index (χ0v) is 15.4.